The average Bonchev–Trinajstić information content (AvgIpc) is 2.80. The molecule has 0 radical (unpaired) electrons. The van der Waals surface area contributed by atoms with Crippen molar-refractivity contribution in [2.75, 3.05) is 6.54 Å². The molecule has 3 rings (SSSR count). The number of nitro groups is 1. The predicted molar refractivity (Wildman–Crippen MR) is 127 cm³/mol. The van der Waals surface area contributed by atoms with Crippen molar-refractivity contribution in [2.24, 2.45) is 5.10 Å². The van der Waals surface area contributed by atoms with Crippen LogP contribution in [0.2, 0.25) is 0 Å². The number of sulfonamides is 1. The van der Waals surface area contributed by atoms with Gasteiger partial charge in [-0.3, -0.25) is 14.9 Å². The third-order valence-corrected chi connectivity index (χ3v) is 6.79. The minimum Gasteiger partial charge on any atom is -0.272 e. The molecule has 0 bridgehead atoms. The molecular formula is C22H19BrN4O5S. The molecular weight excluding hydrogens is 512 g/mol. The average molecular weight is 531 g/mol. The molecule has 0 fully saturated rings. The van der Waals surface area contributed by atoms with Crippen molar-refractivity contribution in [1.29, 1.82) is 0 Å². The molecule has 11 heteroatoms. The highest BCUT2D eigenvalue weighted by Gasteiger charge is 2.27. The standard InChI is InChI=1S/C22H19BrN4O5S/c23-19-9-11-21(12-10-19)33(31,32)26(15-17-5-2-1-3-6-17)16-22(28)25-24-14-18-7-4-8-20(13-18)27(29)30/h1-14H,15-16H2,(H,25,28)/b24-14-. The first-order chi connectivity index (χ1) is 15.8. The monoisotopic (exact) mass is 530 g/mol. The zero-order chi connectivity index (χ0) is 23.8. The summed E-state index contributed by atoms with van der Waals surface area (Å²) in [5, 5.41) is 14.7. The molecule has 0 heterocycles. The molecule has 0 spiro atoms. The first-order valence-corrected chi connectivity index (χ1v) is 11.8. The van der Waals surface area contributed by atoms with Crippen LogP contribution in [0, 0.1) is 10.1 Å². The molecule has 0 aliphatic heterocycles. The van der Waals surface area contributed by atoms with E-state index in [4.69, 9.17) is 0 Å². The number of hydrogen-bond acceptors (Lipinski definition) is 6. The maximum Gasteiger partial charge on any atom is 0.270 e. The highest BCUT2D eigenvalue weighted by Crippen LogP contribution is 2.20. The Labute approximate surface area is 199 Å². The molecule has 9 nitrogen and oxygen atoms in total. The lowest BCUT2D eigenvalue weighted by molar-refractivity contribution is -0.384. The third-order valence-electron chi connectivity index (χ3n) is 4.46. The zero-order valence-electron chi connectivity index (χ0n) is 17.2. The summed E-state index contributed by atoms with van der Waals surface area (Å²) < 4.78 is 28.2. The Hall–Kier alpha value is -3.41. The molecule has 3 aromatic carbocycles. The highest BCUT2D eigenvalue weighted by molar-refractivity contribution is 9.10. The predicted octanol–water partition coefficient (Wildman–Crippen LogP) is 3.70. The van der Waals surface area contributed by atoms with Crippen LogP contribution in [0.25, 0.3) is 0 Å². The number of nitrogens with zero attached hydrogens (tertiary/aromatic N) is 3. The fraction of sp³-hybridized carbons (Fsp3) is 0.0909. The van der Waals surface area contributed by atoms with Gasteiger partial charge >= 0.3 is 0 Å². The van der Waals surface area contributed by atoms with E-state index < -0.39 is 27.4 Å². The van der Waals surface area contributed by atoms with E-state index in [-0.39, 0.29) is 17.1 Å². The van der Waals surface area contributed by atoms with E-state index in [1.807, 2.05) is 6.07 Å². The maximum atomic E-state index is 13.2. The second-order valence-electron chi connectivity index (χ2n) is 6.86. The van der Waals surface area contributed by atoms with Crippen LogP contribution in [-0.4, -0.2) is 36.3 Å². The molecule has 0 aliphatic carbocycles. The summed E-state index contributed by atoms with van der Waals surface area (Å²) >= 11 is 3.28. The third kappa shape index (κ3) is 6.78. The van der Waals surface area contributed by atoms with Crippen molar-refractivity contribution in [3.63, 3.8) is 0 Å². The lowest BCUT2D eigenvalue weighted by Gasteiger charge is -2.21. The van der Waals surface area contributed by atoms with Gasteiger partial charge in [0.2, 0.25) is 10.0 Å². The van der Waals surface area contributed by atoms with Crippen LogP contribution in [0.15, 0.2) is 93.3 Å². The number of hydrazone groups is 1. The SMILES string of the molecule is O=C(CN(Cc1ccccc1)S(=O)(=O)c1ccc(Br)cc1)N/N=C\c1cccc([N+](=O)[O-])c1. The van der Waals surface area contributed by atoms with E-state index in [2.05, 4.69) is 26.5 Å². The second-order valence-corrected chi connectivity index (χ2v) is 9.71. The fourth-order valence-electron chi connectivity index (χ4n) is 2.86. The summed E-state index contributed by atoms with van der Waals surface area (Å²) in [5.74, 6) is -0.659. The fourth-order valence-corrected chi connectivity index (χ4v) is 4.51. The van der Waals surface area contributed by atoms with Crippen molar-refractivity contribution in [3.05, 3.63) is 105 Å². The van der Waals surface area contributed by atoms with Gasteiger partial charge < -0.3 is 0 Å². The smallest absolute Gasteiger partial charge is 0.270 e. The number of nitrogens with one attached hydrogen (secondary N) is 1. The Morgan fingerprint density at radius 2 is 1.76 bits per heavy atom. The molecule has 0 aromatic heterocycles. The molecule has 0 aliphatic rings. The summed E-state index contributed by atoms with van der Waals surface area (Å²) in [5.41, 5.74) is 3.29. The van der Waals surface area contributed by atoms with Crippen LogP contribution in [0.1, 0.15) is 11.1 Å². The number of carbonyl (C=O) groups is 1. The van der Waals surface area contributed by atoms with Gasteiger partial charge in [-0.1, -0.05) is 58.4 Å². The first kappa shape index (κ1) is 24.2. The molecule has 0 unspecified atom stereocenters. The van der Waals surface area contributed by atoms with Gasteiger partial charge in [0.1, 0.15) is 0 Å². The Morgan fingerprint density at radius 3 is 2.42 bits per heavy atom. The molecule has 0 saturated heterocycles. The number of nitro benzene ring substituents is 1. The van der Waals surface area contributed by atoms with Crippen molar-refractivity contribution >= 4 is 43.8 Å². The summed E-state index contributed by atoms with van der Waals surface area (Å²) in [4.78, 5) is 22.9. The van der Waals surface area contributed by atoms with Crippen molar-refractivity contribution < 1.29 is 18.1 Å². The van der Waals surface area contributed by atoms with Gasteiger partial charge in [0.05, 0.1) is 22.6 Å². The lowest BCUT2D eigenvalue weighted by Crippen LogP contribution is -2.39. The van der Waals surface area contributed by atoms with E-state index in [1.54, 1.807) is 42.5 Å². The van der Waals surface area contributed by atoms with Crippen LogP contribution in [0.4, 0.5) is 5.69 Å². The van der Waals surface area contributed by atoms with Gasteiger partial charge in [-0.05, 0) is 29.8 Å². The van der Waals surface area contributed by atoms with Gasteiger partial charge in [-0.2, -0.15) is 9.41 Å². The van der Waals surface area contributed by atoms with Crippen molar-refractivity contribution in [2.45, 2.75) is 11.4 Å². The van der Waals surface area contributed by atoms with E-state index >= 15 is 0 Å². The Bertz CT molecular complexity index is 1270. The van der Waals surface area contributed by atoms with Crippen molar-refractivity contribution in [3.8, 4) is 0 Å². The molecule has 170 valence electrons. The quantitative estimate of drug-likeness (QED) is 0.256. The number of rotatable bonds is 9. The molecule has 1 N–H and O–H groups in total. The minimum atomic E-state index is -3.98. The number of carbonyl (C=O) groups excluding carboxylic acids is 1. The lowest BCUT2D eigenvalue weighted by atomic mass is 10.2. The van der Waals surface area contributed by atoms with E-state index in [0.29, 0.717) is 11.1 Å². The van der Waals surface area contributed by atoms with Crippen molar-refractivity contribution in [1.82, 2.24) is 9.73 Å². The van der Waals surface area contributed by atoms with Gasteiger partial charge in [-0.15, -0.1) is 0 Å². The van der Waals surface area contributed by atoms with Gasteiger partial charge in [-0.25, -0.2) is 13.8 Å². The maximum absolute atomic E-state index is 13.2. The number of halogens is 1. The summed E-state index contributed by atoms with van der Waals surface area (Å²) in [6.45, 7) is -0.485. The van der Waals surface area contributed by atoms with Crippen LogP contribution in [-0.2, 0) is 21.4 Å². The van der Waals surface area contributed by atoms with Crippen LogP contribution >= 0.6 is 15.9 Å². The molecule has 0 saturated carbocycles. The Kier molecular flexibility index (Phi) is 8.04. The van der Waals surface area contributed by atoms with Gasteiger partial charge in [0.25, 0.3) is 11.6 Å². The number of benzene rings is 3. The highest BCUT2D eigenvalue weighted by atomic mass is 79.9. The summed E-state index contributed by atoms with van der Waals surface area (Å²) in [7, 11) is -3.98. The van der Waals surface area contributed by atoms with Gasteiger partial charge in [0.15, 0.2) is 0 Å². The topological polar surface area (TPSA) is 122 Å². The Balaban J connectivity index is 1.76. The minimum absolute atomic E-state index is 0.0126. The van der Waals surface area contributed by atoms with Crippen LogP contribution < -0.4 is 5.43 Å². The van der Waals surface area contributed by atoms with E-state index in [0.717, 1.165) is 8.78 Å². The normalized spacial score (nSPS) is 11.6. The van der Waals surface area contributed by atoms with Gasteiger partial charge in [0, 0.05) is 28.7 Å². The van der Waals surface area contributed by atoms with E-state index in [1.165, 1.54) is 36.5 Å². The number of amides is 1. The largest absolute Gasteiger partial charge is 0.272 e. The van der Waals surface area contributed by atoms with Crippen LogP contribution in [0.3, 0.4) is 0 Å². The molecule has 3 aromatic rings. The summed E-state index contributed by atoms with van der Waals surface area (Å²) in [6, 6.07) is 20.7. The Morgan fingerprint density at radius 1 is 1.06 bits per heavy atom. The molecule has 1 amide bonds. The summed E-state index contributed by atoms with van der Waals surface area (Å²) in [6.07, 6.45) is 1.25. The van der Waals surface area contributed by atoms with Crippen LogP contribution in [0.5, 0.6) is 0 Å². The number of hydrogen-bond donors (Lipinski definition) is 1. The number of non-ortho nitro benzene ring substituents is 1. The second kappa shape index (κ2) is 10.9. The molecule has 0 atom stereocenters. The first-order valence-electron chi connectivity index (χ1n) is 9.62. The zero-order valence-corrected chi connectivity index (χ0v) is 19.6. The molecule has 33 heavy (non-hydrogen) atoms. The van der Waals surface area contributed by atoms with E-state index in [9.17, 15) is 23.3 Å².